The lowest BCUT2D eigenvalue weighted by molar-refractivity contribution is 0.169. The average Bonchev–Trinajstić information content (AvgIpc) is 3.04. The van der Waals surface area contributed by atoms with Crippen LogP contribution in [0.15, 0.2) is 29.2 Å². The van der Waals surface area contributed by atoms with Crippen molar-refractivity contribution in [3.05, 3.63) is 44.9 Å². The van der Waals surface area contributed by atoms with E-state index < -0.39 is 0 Å². The quantitative estimate of drug-likeness (QED) is 0.472. The van der Waals surface area contributed by atoms with Crippen molar-refractivity contribution in [2.45, 2.75) is 55.3 Å². The van der Waals surface area contributed by atoms with Crippen LogP contribution in [0, 0.1) is 0 Å². The predicted molar refractivity (Wildman–Crippen MR) is 122 cm³/mol. The molecule has 0 aromatic heterocycles. The largest absolute Gasteiger partial charge is 0.488 e. The summed E-state index contributed by atoms with van der Waals surface area (Å²) in [4.78, 5) is 1.19. The second-order valence-electron chi connectivity index (χ2n) is 7.45. The summed E-state index contributed by atoms with van der Waals surface area (Å²) in [6.45, 7) is 6.43. The summed E-state index contributed by atoms with van der Waals surface area (Å²) in [6.07, 6.45) is 3.53. The minimum Gasteiger partial charge on any atom is -0.488 e. The number of fused-ring (bicyclic) bond motifs is 3. The summed E-state index contributed by atoms with van der Waals surface area (Å²) >= 11 is 21.1. The Kier molecular flexibility index (Phi) is 6.39. The number of hydrogen-bond acceptors (Lipinski definition) is 3. The lowest BCUT2D eigenvalue weighted by Crippen LogP contribution is -2.37. The molecule has 0 bridgehead atoms. The first-order chi connectivity index (χ1) is 13.5. The van der Waals surface area contributed by atoms with Crippen LogP contribution in [0.5, 0.6) is 5.75 Å². The highest BCUT2D eigenvalue weighted by Gasteiger charge is 2.38. The van der Waals surface area contributed by atoms with E-state index >= 15 is 0 Å². The van der Waals surface area contributed by atoms with E-state index in [4.69, 9.17) is 39.5 Å². The third-order valence-corrected chi connectivity index (χ3v) is 8.04. The van der Waals surface area contributed by atoms with Crippen LogP contribution in [0.2, 0.25) is 15.1 Å². The van der Waals surface area contributed by atoms with Gasteiger partial charge >= 0.3 is 0 Å². The minimum atomic E-state index is 0.253. The van der Waals surface area contributed by atoms with Crippen LogP contribution >= 0.6 is 46.6 Å². The highest BCUT2D eigenvalue weighted by molar-refractivity contribution is 8.00. The number of benzene rings is 2. The molecule has 0 spiro atoms. The van der Waals surface area contributed by atoms with Crippen LogP contribution in [0.4, 0.5) is 0 Å². The molecule has 0 radical (unpaired) electrons. The second-order valence-corrected chi connectivity index (χ2v) is 10.0. The molecule has 2 atom stereocenters. The molecule has 2 nitrogen and oxygen atoms in total. The summed E-state index contributed by atoms with van der Waals surface area (Å²) in [5, 5.41) is 5.77. The van der Waals surface area contributed by atoms with E-state index in [1.807, 2.05) is 11.8 Å². The third kappa shape index (κ3) is 3.89. The SMILES string of the molecule is CCC(CC)Sc1cc(-c2c(Cl)cc(Cl)cc2Cl)cc2c1O[C@H]1CCNC[C@@H]21. The fraction of sp³-hybridized carbons (Fsp3) is 0.455. The summed E-state index contributed by atoms with van der Waals surface area (Å²) in [5.74, 6) is 1.43. The number of hydrogen-bond donors (Lipinski definition) is 1. The molecular formula is C22H24Cl3NOS. The lowest BCUT2D eigenvalue weighted by Gasteiger charge is -2.25. The van der Waals surface area contributed by atoms with Crippen molar-refractivity contribution < 1.29 is 4.74 Å². The first-order valence-corrected chi connectivity index (χ1v) is 11.9. The Hall–Kier alpha value is -0.580. The van der Waals surface area contributed by atoms with Crippen LogP contribution in [0.3, 0.4) is 0 Å². The Balaban J connectivity index is 1.85. The van der Waals surface area contributed by atoms with E-state index in [-0.39, 0.29) is 6.10 Å². The van der Waals surface area contributed by atoms with Crippen LogP contribution in [-0.4, -0.2) is 24.4 Å². The molecule has 0 aliphatic carbocycles. The van der Waals surface area contributed by atoms with E-state index in [9.17, 15) is 0 Å². The van der Waals surface area contributed by atoms with Crippen molar-refractivity contribution in [2.75, 3.05) is 13.1 Å². The van der Waals surface area contributed by atoms with Crippen molar-refractivity contribution in [3.8, 4) is 16.9 Å². The Labute approximate surface area is 186 Å². The summed E-state index contributed by atoms with van der Waals surface area (Å²) in [6, 6.07) is 7.91. The minimum absolute atomic E-state index is 0.253. The van der Waals surface area contributed by atoms with E-state index in [0.717, 1.165) is 49.2 Å². The van der Waals surface area contributed by atoms with Crippen molar-refractivity contribution in [2.24, 2.45) is 0 Å². The maximum Gasteiger partial charge on any atom is 0.137 e. The number of ether oxygens (including phenoxy) is 1. The number of thioether (sulfide) groups is 1. The van der Waals surface area contributed by atoms with Gasteiger partial charge in [-0.2, -0.15) is 0 Å². The molecule has 2 aliphatic heterocycles. The first kappa shape index (κ1) is 20.7. The third-order valence-electron chi connectivity index (χ3n) is 5.67. The van der Waals surface area contributed by atoms with Crippen LogP contribution in [-0.2, 0) is 0 Å². The fourth-order valence-electron chi connectivity index (χ4n) is 4.15. The predicted octanol–water partition coefficient (Wildman–Crippen LogP) is 7.43. The molecule has 1 fully saturated rings. The molecule has 2 heterocycles. The Morgan fingerprint density at radius 1 is 1.11 bits per heavy atom. The summed E-state index contributed by atoms with van der Waals surface area (Å²) in [7, 11) is 0. The molecule has 6 heteroatoms. The Bertz CT molecular complexity index is 861. The molecule has 0 unspecified atom stereocenters. The smallest absolute Gasteiger partial charge is 0.137 e. The highest BCUT2D eigenvalue weighted by atomic mass is 35.5. The molecule has 1 saturated heterocycles. The maximum absolute atomic E-state index is 6.55. The average molecular weight is 457 g/mol. The summed E-state index contributed by atoms with van der Waals surface area (Å²) < 4.78 is 6.45. The number of nitrogens with one attached hydrogen (secondary N) is 1. The van der Waals surface area contributed by atoms with Gasteiger partial charge in [0.2, 0.25) is 0 Å². The zero-order chi connectivity index (χ0) is 19.8. The molecule has 1 N–H and O–H groups in total. The Morgan fingerprint density at radius 3 is 2.50 bits per heavy atom. The number of halogens is 3. The van der Waals surface area contributed by atoms with Gasteiger partial charge in [0.25, 0.3) is 0 Å². The highest BCUT2D eigenvalue weighted by Crippen LogP contribution is 2.50. The van der Waals surface area contributed by atoms with E-state index in [1.54, 1.807) is 12.1 Å². The molecule has 0 saturated carbocycles. The molecule has 4 rings (SSSR count). The number of rotatable bonds is 5. The fourth-order valence-corrected chi connectivity index (χ4v) is 6.34. The molecule has 0 amide bonds. The zero-order valence-corrected chi connectivity index (χ0v) is 19.1. The maximum atomic E-state index is 6.55. The van der Waals surface area contributed by atoms with Gasteiger partial charge in [0.15, 0.2) is 0 Å². The van der Waals surface area contributed by atoms with Crippen LogP contribution < -0.4 is 10.1 Å². The van der Waals surface area contributed by atoms with Gasteiger partial charge in [-0.25, -0.2) is 0 Å². The first-order valence-electron chi connectivity index (χ1n) is 9.88. The van der Waals surface area contributed by atoms with Gasteiger partial charge in [0.05, 0.1) is 14.9 Å². The van der Waals surface area contributed by atoms with Crippen LogP contribution in [0.1, 0.15) is 44.6 Å². The van der Waals surface area contributed by atoms with Crippen molar-refractivity contribution in [1.29, 1.82) is 0 Å². The zero-order valence-electron chi connectivity index (χ0n) is 16.0. The molecule has 2 aromatic rings. The molecule has 150 valence electrons. The van der Waals surface area contributed by atoms with Crippen molar-refractivity contribution in [1.82, 2.24) is 5.32 Å². The van der Waals surface area contributed by atoms with Gasteiger partial charge in [-0.15, -0.1) is 11.8 Å². The lowest BCUT2D eigenvalue weighted by atomic mass is 9.89. The molecule has 2 aromatic carbocycles. The van der Waals surface area contributed by atoms with Gasteiger partial charge in [-0.05, 0) is 55.6 Å². The topological polar surface area (TPSA) is 21.3 Å². The van der Waals surface area contributed by atoms with Crippen LogP contribution in [0.25, 0.3) is 11.1 Å². The van der Waals surface area contributed by atoms with E-state index in [0.29, 0.717) is 26.2 Å². The summed E-state index contributed by atoms with van der Waals surface area (Å²) in [5.41, 5.74) is 3.15. The molecule has 28 heavy (non-hydrogen) atoms. The normalized spacial score (nSPS) is 20.8. The van der Waals surface area contributed by atoms with Crippen molar-refractivity contribution >= 4 is 46.6 Å². The molecular weight excluding hydrogens is 433 g/mol. The Morgan fingerprint density at radius 2 is 1.82 bits per heavy atom. The second kappa shape index (κ2) is 8.65. The van der Waals surface area contributed by atoms with Gasteiger partial charge in [-0.3, -0.25) is 0 Å². The molecule has 2 aliphatic rings. The number of piperidine rings is 1. The van der Waals surface area contributed by atoms with E-state index in [2.05, 4.69) is 31.3 Å². The van der Waals surface area contributed by atoms with Gasteiger partial charge in [0.1, 0.15) is 11.9 Å². The van der Waals surface area contributed by atoms with Crippen molar-refractivity contribution in [3.63, 3.8) is 0 Å². The van der Waals surface area contributed by atoms with Gasteiger partial charge < -0.3 is 10.1 Å². The van der Waals surface area contributed by atoms with Gasteiger partial charge in [-0.1, -0.05) is 48.7 Å². The standard InChI is InChI=1S/C22H24Cl3NOS/c1-3-14(4-2)28-20-8-12(21-17(24)9-13(23)10-18(21)25)7-15-16-11-26-6-5-19(16)27-22(15)20/h7-10,14,16,19,26H,3-6,11H2,1-2H3/t16-,19-/m0/s1. The van der Waals surface area contributed by atoms with Gasteiger partial charge in [0, 0.05) is 33.9 Å². The monoisotopic (exact) mass is 455 g/mol. The van der Waals surface area contributed by atoms with E-state index in [1.165, 1.54) is 10.5 Å².